The monoisotopic (exact) mass is 654 g/mol. The lowest BCUT2D eigenvalue weighted by molar-refractivity contribution is -0.275. The zero-order chi connectivity index (χ0) is 32.7. The minimum Gasteiger partial charge on any atom is -0.471 e. The Morgan fingerprint density at radius 2 is 1.71 bits per heavy atom. The van der Waals surface area contributed by atoms with Crippen LogP contribution in [0.2, 0.25) is 0 Å². The predicted molar refractivity (Wildman–Crippen MR) is 143 cm³/mol. The number of rotatable bonds is 9. The second-order valence-electron chi connectivity index (χ2n) is 10.8. The number of esters is 3. The van der Waals surface area contributed by atoms with Crippen molar-refractivity contribution in [3.05, 3.63) is 59.7 Å². The lowest BCUT2D eigenvalue weighted by Crippen LogP contribution is -2.48. The molecule has 0 aliphatic carbocycles. The summed E-state index contributed by atoms with van der Waals surface area (Å²) < 4.78 is 102. The van der Waals surface area contributed by atoms with Gasteiger partial charge in [0.15, 0.2) is 29.3 Å². The molecular weight excluding hydrogens is 629 g/mol. The number of halogens is 3. The summed E-state index contributed by atoms with van der Waals surface area (Å²) in [5.74, 6) is -1.77. The number of fused-ring (bicyclic) bond motifs is 1. The Kier molecular flexibility index (Phi) is 8.47. The van der Waals surface area contributed by atoms with E-state index in [-0.39, 0.29) is 5.56 Å². The van der Waals surface area contributed by atoms with Crippen molar-refractivity contribution in [1.82, 2.24) is 0 Å². The van der Waals surface area contributed by atoms with E-state index in [1.54, 1.807) is 30.3 Å². The van der Waals surface area contributed by atoms with Gasteiger partial charge in [-0.1, -0.05) is 30.0 Å². The van der Waals surface area contributed by atoms with Crippen molar-refractivity contribution in [2.24, 2.45) is 11.8 Å². The van der Waals surface area contributed by atoms with Crippen molar-refractivity contribution in [2.45, 2.75) is 50.2 Å². The van der Waals surface area contributed by atoms with E-state index in [0.717, 1.165) is 18.2 Å². The van der Waals surface area contributed by atoms with Crippen molar-refractivity contribution >= 4 is 28.0 Å². The summed E-state index contributed by atoms with van der Waals surface area (Å²) in [6.07, 6.45) is -9.66. The van der Waals surface area contributed by atoms with Crippen LogP contribution in [-0.4, -0.2) is 79.6 Å². The quantitative estimate of drug-likeness (QED) is 0.183. The molecule has 3 aliphatic heterocycles. The first-order valence-electron chi connectivity index (χ1n) is 13.4. The van der Waals surface area contributed by atoms with Crippen LogP contribution in [0.1, 0.15) is 29.8 Å². The van der Waals surface area contributed by atoms with Crippen molar-refractivity contribution in [1.29, 1.82) is 0 Å². The van der Waals surface area contributed by atoms with Crippen LogP contribution < -0.4 is 9.47 Å². The maximum absolute atomic E-state index is 13.2. The Labute approximate surface area is 254 Å². The summed E-state index contributed by atoms with van der Waals surface area (Å²) in [6.45, 7) is 2.29. The molecule has 0 spiro atoms. The van der Waals surface area contributed by atoms with Gasteiger partial charge >= 0.3 is 24.3 Å². The fraction of sp³-hybridized carbons (Fsp3) is 0.414. The van der Waals surface area contributed by atoms with Crippen LogP contribution in [0.3, 0.4) is 0 Å². The number of carbonyl (C=O) groups is 3. The minimum absolute atomic E-state index is 0.276. The Bertz CT molecular complexity index is 1660. The molecule has 0 amide bonds. The average Bonchev–Trinajstić information content (AvgIpc) is 3.56. The predicted octanol–water partition coefficient (Wildman–Crippen LogP) is 2.69. The molecule has 240 valence electrons. The van der Waals surface area contributed by atoms with Crippen LogP contribution in [0, 0.1) is 23.7 Å². The summed E-state index contributed by atoms with van der Waals surface area (Å²) in [4.78, 5) is 38.5. The molecule has 2 bridgehead atoms. The third kappa shape index (κ3) is 7.32. The zero-order valence-electron chi connectivity index (χ0n) is 23.5. The molecule has 0 aromatic heterocycles. The molecule has 3 fully saturated rings. The summed E-state index contributed by atoms with van der Waals surface area (Å²) >= 11 is 0. The summed E-state index contributed by atoms with van der Waals surface area (Å²) in [5, 5.41) is 0. The fourth-order valence-electron chi connectivity index (χ4n) is 5.24. The second kappa shape index (κ2) is 11.9. The Morgan fingerprint density at radius 1 is 1.00 bits per heavy atom. The summed E-state index contributed by atoms with van der Waals surface area (Å²) in [5.41, 5.74) is -1.01. The molecule has 2 aromatic rings. The van der Waals surface area contributed by atoms with Crippen molar-refractivity contribution in [3.8, 4) is 23.3 Å². The molecule has 16 heteroatoms. The van der Waals surface area contributed by atoms with Gasteiger partial charge in [0.2, 0.25) is 0 Å². The van der Waals surface area contributed by atoms with Gasteiger partial charge in [-0.3, -0.25) is 14.1 Å². The van der Waals surface area contributed by atoms with Crippen LogP contribution in [0.5, 0.6) is 11.5 Å². The van der Waals surface area contributed by atoms with Gasteiger partial charge in [0.25, 0.3) is 10.1 Å². The number of hydrogen-bond donors (Lipinski definition) is 1. The number of carbonyl (C=O) groups excluding carboxylic acids is 3. The maximum atomic E-state index is 13.2. The number of alkyl halides is 3. The fourth-order valence-corrected chi connectivity index (χ4v) is 5.54. The van der Waals surface area contributed by atoms with Crippen LogP contribution >= 0.6 is 0 Å². The average molecular weight is 655 g/mol. The van der Waals surface area contributed by atoms with E-state index in [9.17, 15) is 36.0 Å². The smallest absolute Gasteiger partial charge is 0.471 e. The van der Waals surface area contributed by atoms with E-state index in [2.05, 4.69) is 16.6 Å². The van der Waals surface area contributed by atoms with Gasteiger partial charge < -0.3 is 28.4 Å². The second-order valence-corrected chi connectivity index (χ2v) is 12.4. The number of hydrogen-bond acceptors (Lipinski definition) is 11. The first-order chi connectivity index (χ1) is 21.0. The van der Waals surface area contributed by atoms with Gasteiger partial charge in [0.05, 0.1) is 5.56 Å². The van der Waals surface area contributed by atoms with E-state index in [4.69, 9.17) is 28.2 Å². The highest BCUT2D eigenvalue weighted by atomic mass is 32.2. The van der Waals surface area contributed by atoms with E-state index in [1.165, 1.54) is 13.8 Å². The highest BCUT2D eigenvalue weighted by Gasteiger charge is 2.72. The van der Waals surface area contributed by atoms with Gasteiger partial charge in [-0.05, 0) is 44.2 Å². The molecule has 45 heavy (non-hydrogen) atoms. The third-order valence-electron chi connectivity index (χ3n) is 7.06. The van der Waals surface area contributed by atoms with Gasteiger partial charge in [0.1, 0.15) is 36.4 Å². The molecule has 0 radical (unpaired) electrons. The molecule has 1 N–H and O–H groups in total. The van der Waals surface area contributed by atoms with Crippen LogP contribution in [-0.2, 0) is 38.7 Å². The highest BCUT2D eigenvalue weighted by Crippen LogP contribution is 2.51. The molecular formula is C29H25F3O12S. The van der Waals surface area contributed by atoms with Crippen molar-refractivity contribution in [2.75, 3.05) is 12.4 Å². The minimum atomic E-state index is -5.09. The molecule has 3 aliphatic rings. The molecule has 2 aromatic carbocycles. The highest BCUT2D eigenvalue weighted by molar-refractivity contribution is 7.85. The first-order valence-corrected chi connectivity index (χ1v) is 15.0. The largest absolute Gasteiger partial charge is 0.573 e. The molecule has 6 unspecified atom stereocenters. The SMILES string of the molecule is CC(C)(C#Cc1ccccc1)Oc1cc(C(=O)OC2C3OC(=O)C4C3OC2C4C(=O)OCCS(=O)(=O)O)ccc1OC(F)(F)F. The zero-order valence-corrected chi connectivity index (χ0v) is 24.3. The Hall–Kier alpha value is -4.33. The third-order valence-corrected chi connectivity index (χ3v) is 7.74. The topological polar surface area (TPSA) is 161 Å². The number of benzene rings is 2. The first kappa shape index (κ1) is 32.1. The van der Waals surface area contributed by atoms with E-state index >= 15 is 0 Å². The Balaban J connectivity index is 1.36. The molecule has 12 nitrogen and oxygen atoms in total. The molecule has 5 rings (SSSR count). The summed E-state index contributed by atoms with van der Waals surface area (Å²) in [6, 6.07) is 11.6. The molecule has 6 atom stereocenters. The van der Waals surface area contributed by atoms with Gasteiger partial charge in [-0.25, -0.2) is 4.79 Å². The van der Waals surface area contributed by atoms with Gasteiger partial charge in [-0.15, -0.1) is 13.2 Å². The maximum Gasteiger partial charge on any atom is 0.573 e. The van der Waals surface area contributed by atoms with Crippen LogP contribution in [0.4, 0.5) is 13.2 Å². The van der Waals surface area contributed by atoms with E-state index < -0.39 is 100 Å². The number of ether oxygens (including phenoxy) is 6. The molecule has 3 heterocycles. The standard InChI is InChI=1S/C29H25F3O12S/c1-28(2,11-10-15-6-4-3-5-7-15)43-18-14-16(8-9-17(18)44-29(30,31)32)25(33)41-23-21-19(26(34)39-12-13-45(36,37)38)20-22(40-21)24(23)42-27(20)35/h3-9,14,19-24H,12-13H2,1-2H3,(H,36,37,38). The summed E-state index contributed by atoms with van der Waals surface area (Å²) in [7, 11) is -4.44. The van der Waals surface area contributed by atoms with Crippen molar-refractivity contribution in [3.63, 3.8) is 0 Å². The normalized spacial score (nSPS) is 25.2. The lowest BCUT2D eigenvalue weighted by atomic mass is 9.78. The van der Waals surface area contributed by atoms with Crippen LogP contribution in [0.15, 0.2) is 48.5 Å². The molecule has 3 saturated heterocycles. The molecule has 0 saturated carbocycles. The Morgan fingerprint density at radius 3 is 2.38 bits per heavy atom. The van der Waals surface area contributed by atoms with Gasteiger partial charge in [-0.2, -0.15) is 8.42 Å². The van der Waals surface area contributed by atoms with E-state index in [0.29, 0.717) is 5.56 Å². The van der Waals surface area contributed by atoms with E-state index in [1.807, 2.05) is 0 Å². The lowest BCUT2D eigenvalue weighted by Gasteiger charge is -2.27. The van der Waals surface area contributed by atoms with Crippen LogP contribution in [0.25, 0.3) is 0 Å². The van der Waals surface area contributed by atoms with Gasteiger partial charge in [0, 0.05) is 5.56 Å². The van der Waals surface area contributed by atoms with Crippen molar-refractivity contribution < 1.29 is 68.9 Å².